The maximum Gasteiger partial charge on any atom is 0.255 e. The van der Waals surface area contributed by atoms with Crippen LogP contribution in [0.5, 0.6) is 0 Å². The molecule has 5 nitrogen and oxygen atoms in total. The molecule has 4 rings (SSSR count). The molecule has 2 aromatic heterocycles. The molecule has 2 aromatic carbocycles. The first kappa shape index (κ1) is 21.6. The normalized spacial score (nSPS) is 12.2. The van der Waals surface area contributed by atoms with E-state index < -0.39 is 23.6 Å². The molecule has 1 N–H and O–H groups in total. The van der Waals surface area contributed by atoms with Crippen LogP contribution in [0.3, 0.4) is 0 Å². The lowest BCUT2D eigenvalue weighted by atomic mass is 10.1. The molecule has 0 bridgehead atoms. The number of aromatic nitrogens is 2. The number of pyridine rings is 1. The summed E-state index contributed by atoms with van der Waals surface area (Å²) in [5, 5.41) is 9.94. The van der Waals surface area contributed by atoms with E-state index in [0.29, 0.717) is 22.4 Å². The van der Waals surface area contributed by atoms with E-state index in [0.717, 1.165) is 12.1 Å². The molecule has 0 aliphatic rings. The zero-order valence-corrected chi connectivity index (χ0v) is 17.5. The van der Waals surface area contributed by atoms with Crippen molar-refractivity contribution >= 4 is 0 Å². The first-order chi connectivity index (χ1) is 15.2. The van der Waals surface area contributed by atoms with E-state index >= 15 is 0 Å². The van der Waals surface area contributed by atoms with Crippen molar-refractivity contribution < 1.29 is 22.7 Å². The van der Waals surface area contributed by atoms with Crippen LogP contribution in [0.4, 0.5) is 13.2 Å². The summed E-state index contributed by atoms with van der Waals surface area (Å²) in [6.07, 6.45) is 0.406. The summed E-state index contributed by atoms with van der Waals surface area (Å²) < 4.78 is 48.7. The van der Waals surface area contributed by atoms with Crippen LogP contribution in [0.15, 0.2) is 57.9 Å². The second-order valence-corrected chi connectivity index (χ2v) is 7.54. The largest absolute Gasteiger partial charge is 0.437 e. The van der Waals surface area contributed by atoms with Gasteiger partial charge in [-0.2, -0.15) is 0 Å². The van der Waals surface area contributed by atoms with E-state index in [4.69, 9.17) is 4.42 Å². The van der Waals surface area contributed by atoms with Crippen LogP contribution in [0.1, 0.15) is 30.0 Å². The van der Waals surface area contributed by atoms with Crippen molar-refractivity contribution in [2.75, 3.05) is 0 Å². The highest BCUT2D eigenvalue weighted by Gasteiger charge is 2.23. The fourth-order valence-electron chi connectivity index (χ4n) is 3.65. The third-order valence-corrected chi connectivity index (χ3v) is 5.06. The van der Waals surface area contributed by atoms with Crippen molar-refractivity contribution in [2.24, 2.45) is 0 Å². The fraction of sp³-hybridized carbons (Fsp3) is 0.167. The molecular weight excluding hydrogens is 421 g/mol. The third kappa shape index (κ3) is 3.85. The molecule has 0 fully saturated rings. The second-order valence-electron chi connectivity index (χ2n) is 7.54. The lowest BCUT2D eigenvalue weighted by Gasteiger charge is -2.14. The molecule has 0 radical (unpaired) electrons. The zero-order chi connectivity index (χ0) is 23.2. The first-order valence-electron chi connectivity index (χ1n) is 9.80. The average molecular weight is 440 g/mol. The van der Waals surface area contributed by atoms with Gasteiger partial charge < -0.3 is 9.52 Å². The molecule has 0 amide bonds. The van der Waals surface area contributed by atoms with Gasteiger partial charge >= 0.3 is 0 Å². The van der Waals surface area contributed by atoms with Crippen molar-refractivity contribution in [1.29, 1.82) is 0 Å². The van der Waals surface area contributed by atoms with Gasteiger partial charge in [-0.05, 0) is 62.2 Å². The summed E-state index contributed by atoms with van der Waals surface area (Å²) in [6, 6.07) is 8.45. The molecule has 0 spiro atoms. The molecule has 0 saturated heterocycles. The van der Waals surface area contributed by atoms with Gasteiger partial charge in [0.25, 0.3) is 5.56 Å². The van der Waals surface area contributed by atoms with Crippen molar-refractivity contribution in [3.05, 3.63) is 93.5 Å². The lowest BCUT2D eigenvalue weighted by Crippen LogP contribution is -2.18. The minimum atomic E-state index is -1.08. The van der Waals surface area contributed by atoms with Crippen molar-refractivity contribution in [3.63, 3.8) is 0 Å². The van der Waals surface area contributed by atoms with E-state index in [1.54, 1.807) is 13.8 Å². The topological polar surface area (TPSA) is 68.3 Å². The number of hydrogen-bond donors (Lipinski definition) is 1. The SMILES string of the molecule is Cc1cc(F)cc(C)c1-n1cc(-c2nc(C(C)O)oc2-c2ccc(F)cc2F)ccc1=O. The van der Waals surface area contributed by atoms with Crippen LogP contribution in [0, 0.1) is 31.3 Å². The van der Waals surface area contributed by atoms with Gasteiger partial charge in [0.1, 0.15) is 29.2 Å². The van der Waals surface area contributed by atoms with Crippen LogP contribution < -0.4 is 5.56 Å². The summed E-state index contributed by atoms with van der Waals surface area (Å²) in [4.78, 5) is 16.9. The smallest absolute Gasteiger partial charge is 0.255 e. The molecule has 4 aromatic rings. The Hall–Kier alpha value is -3.65. The molecule has 0 aliphatic carbocycles. The van der Waals surface area contributed by atoms with Crippen LogP contribution in [0.25, 0.3) is 28.3 Å². The van der Waals surface area contributed by atoms with E-state index in [2.05, 4.69) is 4.98 Å². The van der Waals surface area contributed by atoms with Gasteiger partial charge in [0.15, 0.2) is 5.76 Å². The fourth-order valence-corrected chi connectivity index (χ4v) is 3.65. The number of benzene rings is 2. The van der Waals surface area contributed by atoms with Gasteiger partial charge in [-0.15, -0.1) is 0 Å². The van der Waals surface area contributed by atoms with Crippen LogP contribution in [-0.2, 0) is 0 Å². The Labute approximate surface area is 181 Å². The monoisotopic (exact) mass is 440 g/mol. The number of halogens is 3. The molecular formula is C24H19F3N2O3. The number of aryl methyl sites for hydroxylation is 2. The van der Waals surface area contributed by atoms with Crippen molar-refractivity contribution in [1.82, 2.24) is 9.55 Å². The Morgan fingerprint density at radius 1 is 1.00 bits per heavy atom. The van der Waals surface area contributed by atoms with E-state index in [1.807, 2.05) is 0 Å². The summed E-state index contributed by atoms with van der Waals surface area (Å²) in [7, 11) is 0. The van der Waals surface area contributed by atoms with Gasteiger partial charge in [0.2, 0.25) is 5.89 Å². The van der Waals surface area contributed by atoms with Crippen molar-refractivity contribution in [3.8, 4) is 28.3 Å². The van der Waals surface area contributed by atoms with Crippen molar-refractivity contribution in [2.45, 2.75) is 26.9 Å². The number of oxazole rings is 1. The van der Waals surface area contributed by atoms with E-state index in [1.165, 1.54) is 48.0 Å². The Kier molecular flexibility index (Phi) is 5.48. The first-order valence-corrected chi connectivity index (χ1v) is 9.80. The minimum Gasteiger partial charge on any atom is -0.437 e. The van der Waals surface area contributed by atoms with Gasteiger partial charge in [0.05, 0.1) is 11.3 Å². The number of hydrogen-bond acceptors (Lipinski definition) is 4. The maximum atomic E-state index is 14.5. The predicted molar refractivity (Wildman–Crippen MR) is 113 cm³/mol. The van der Waals surface area contributed by atoms with Crippen LogP contribution >= 0.6 is 0 Å². The summed E-state index contributed by atoms with van der Waals surface area (Å²) in [5.41, 5.74) is 1.76. The Morgan fingerprint density at radius 2 is 1.69 bits per heavy atom. The van der Waals surface area contributed by atoms with Crippen LogP contribution in [-0.4, -0.2) is 14.7 Å². The highest BCUT2D eigenvalue weighted by molar-refractivity contribution is 5.77. The Balaban J connectivity index is 1.96. The molecule has 0 aliphatic heterocycles. The van der Waals surface area contributed by atoms with E-state index in [-0.39, 0.29) is 28.5 Å². The van der Waals surface area contributed by atoms with E-state index in [9.17, 15) is 23.1 Å². The summed E-state index contributed by atoms with van der Waals surface area (Å²) >= 11 is 0. The second kappa shape index (κ2) is 8.12. The summed E-state index contributed by atoms with van der Waals surface area (Å²) in [6.45, 7) is 4.81. The standard InChI is InChI=1S/C24H19F3N2O3/c1-12-8-17(26)9-13(2)22(12)29-11-15(4-7-20(29)31)21-23(32-24(28-21)14(3)30)18-6-5-16(25)10-19(18)27/h4-11,14,30H,1-3H3. The number of aliphatic hydroxyl groups excluding tert-OH is 1. The molecule has 1 atom stereocenters. The predicted octanol–water partition coefficient (Wildman–Crippen LogP) is 5.25. The highest BCUT2D eigenvalue weighted by atomic mass is 19.1. The number of nitrogens with zero attached hydrogens (tertiary/aromatic N) is 2. The lowest BCUT2D eigenvalue weighted by molar-refractivity contribution is 0.164. The Bertz CT molecular complexity index is 1370. The molecule has 164 valence electrons. The minimum absolute atomic E-state index is 0.0175. The third-order valence-electron chi connectivity index (χ3n) is 5.06. The maximum absolute atomic E-state index is 14.5. The average Bonchev–Trinajstić information content (AvgIpc) is 3.14. The van der Waals surface area contributed by atoms with Gasteiger partial charge in [-0.25, -0.2) is 18.2 Å². The van der Waals surface area contributed by atoms with Gasteiger partial charge in [-0.3, -0.25) is 9.36 Å². The summed E-state index contributed by atoms with van der Waals surface area (Å²) in [5.74, 6) is -2.11. The molecule has 0 saturated carbocycles. The molecule has 2 heterocycles. The number of rotatable bonds is 4. The number of aliphatic hydroxyl groups is 1. The quantitative estimate of drug-likeness (QED) is 0.471. The zero-order valence-electron chi connectivity index (χ0n) is 17.5. The molecule has 1 unspecified atom stereocenters. The van der Waals surface area contributed by atoms with Crippen LogP contribution in [0.2, 0.25) is 0 Å². The molecule has 8 heteroatoms. The molecule has 32 heavy (non-hydrogen) atoms. The van der Waals surface area contributed by atoms with Gasteiger partial charge in [-0.1, -0.05) is 0 Å². The Morgan fingerprint density at radius 3 is 2.31 bits per heavy atom. The van der Waals surface area contributed by atoms with Gasteiger partial charge in [0, 0.05) is 23.9 Å². The highest BCUT2D eigenvalue weighted by Crippen LogP contribution is 2.36.